The van der Waals surface area contributed by atoms with Crippen LogP contribution in [0.5, 0.6) is 11.5 Å². The van der Waals surface area contributed by atoms with Gasteiger partial charge >= 0.3 is 0 Å². The van der Waals surface area contributed by atoms with E-state index in [0.717, 1.165) is 11.5 Å². The molecule has 0 amide bonds. The predicted molar refractivity (Wildman–Crippen MR) is 252 cm³/mol. The van der Waals surface area contributed by atoms with Crippen LogP contribution < -0.4 is 30.4 Å². The number of hydrogen-bond donors (Lipinski definition) is 0. The maximum atomic E-state index is 6.69. The quantitative estimate of drug-likeness (QED) is 0.154. The Morgan fingerprint density at radius 2 is 0.836 bits per heavy atom. The molecule has 0 saturated heterocycles. The highest BCUT2D eigenvalue weighted by atomic mass is 28.3. The average Bonchev–Trinajstić information content (AvgIpc) is 3.86. The van der Waals surface area contributed by atoms with Crippen LogP contribution in [0.4, 0.5) is 17.1 Å². The summed E-state index contributed by atoms with van der Waals surface area (Å²) in [5.41, 5.74) is 18.8. The van der Waals surface area contributed by atoms with E-state index in [9.17, 15) is 0 Å². The summed E-state index contributed by atoms with van der Waals surface area (Å²) in [5, 5.41) is 5.97. The van der Waals surface area contributed by atoms with E-state index in [1.54, 1.807) is 0 Å². The van der Waals surface area contributed by atoms with Gasteiger partial charge in [0.15, 0.2) is 8.07 Å². The summed E-state index contributed by atoms with van der Waals surface area (Å²) in [6.45, 7) is 4.81. The van der Waals surface area contributed by atoms with E-state index in [0.29, 0.717) is 0 Å². The summed E-state index contributed by atoms with van der Waals surface area (Å²) < 4.78 is 6.69. The van der Waals surface area contributed by atoms with E-state index in [1.807, 2.05) is 0 Å². The van der Waals surface area contributed by atoms with Gasteiger partial charge in [-0.2, -0.15) is 0 Å². The van der Waals surface area contributed by atoms with Gasteiger partial charge in [0.2, 0.25) is 0 Å². The van der Waals surface area contributed by atoms with Crippen LogP contribution in [0.1, 0.15) is 47.2 Å². The highest BCUT2D eigenvalue weighted by Crippen LogP contribution is 2.63. The molecule has 0 atom stereocenters. The smallest absolute Gasteiger partial charge is 0.182 e. The first-order valence-corrected chi connectivity index (χ1v) is 23.5. The van der Waals surface area contributed by atoms with Crippen molar-refractivity contribution in [1.82, 2.24) is 0 Å². The molecule has 3 heteroatoms. The molecule has 4 aliphatic heterocycles. The molecule has 0 aromatic heterocycles. The number of hydrogen-bond acceptors (Lipinski definition) is 2. The third-order valence-corrected chi connectivity index (χ3v) is 19.9. The van der Waals surface area contributed by atoms with Gasteiger partial charge in [0.05, 0.1) is 16.8 Å². The molecule has 4 heterocycles. The number of benzene rings is 9. The largest absolute Gasteiger partial charge is 0.457 e. The van der Waals surface area contributed by atoms with Crippen molar-refractivity contribution >= 4 is 45.9 Å². The molecule has 0 saturated carbocycles. The third kappa shape index (κ3) is 3.90. The van der Waals surface area contributed by atoms with Crippen LogP contribution in [-0.2, 0) is 10.8 Å². The van der Waals surface area contributed by atoms with Gasteiger partial charge in [-0.3, -0.25) is 0 Å². The summed E-state index contributed by atoms with van der Waals surface area (Å²) in [5.74, 6) is 1.80. The van der Waals surface area contributed by atoms with E-state index < -0.39 is 13.5 Å². The summed E-state index contributed by atoms with van der Waals surface area (Å²) in [7, 11) is -2.82. The summed E-state index contributed by atoms with van der Waals surface area (Å²) in [4.78, 5) is 2.55. The average molecular weight is 794 g/mol. The Morgan fingerprint density at radius 1 is 0.361 bits per heavy atom. The molecular weight excluding hydrogens is 755 g/mol. The van der Waals surface area contributed by atoms with Crippen LogP contribution >= 0.6 is 0 Å². The molecule has 2 spiro atoms. The predicted octanol–water partition coefficient (Wildman–Crippen LogP) is 11.6. The Bertz CT molecular complexity index is 3270. The van der Waals surface area contributed by atoms with Crippen LogP contribution in [0.25, 0.3) is 33.4 Å². The number of ether oxygens (including phenoxy) is 1. The lowest BCUT2D eigenvalue weighted by Gasteiger charge is -2.48. The van der Waals surface area contributed by atoms with Crippen molar-refractivity contribution in [1.29, 1.82) is 0 Å². The van der Waals surface area contributed by atoms with Crippen molar-refractivity contribution in [3.63, 3.8) is 0 Å². The summed E-state index contributed by atoms with van der Waals surface area (Å²) in [6, 6.07) is 75.8. The fourth-order valence-corrected chi connectivity index (χ4v) is 18.2. The summed E-state index contributed by atoms with van der Waals surface area (Å²) >= 11 is 0. The maximum absolute atomic E-state index is 6.69. The molecule has 9 aromatic carbocycles. The number of anilines is 3. The maximum Gasteiger partial charge on any atom is 0.182 e. The lowest BCUT2D eigenvalue weighted by Crippen LogP contribution is -2.70. The van der Waals surface area contributed by atoms with E-state index in [-0.39, 0.29) is 5.41 Å². The van der Waals surface area contributed by atoms with Gasteiger partial charge in [-0.05, 0) is 119 Å². The highest BCUT2D eigenvalue weighted by Gasteiger charge is 2.56. The van der Waals surface area contributed by atoms with Crippen molar-refractivity contribution in [3.8, 4) is 44.9 Å². The Morgan fingerprint density at radius 3 is 1.46 bits per heavy atom. The molecule has 5 aliphatic rings. The zero-order valence-electron chi connectivity index (χ0n) is 33.9. The SMILES string of the molecule is CC1(C)c2ccccc2-c2cc3c(cc21)-c1ccc(N2c4ccccc4C4(c5ccccc5Oc5ccccc54)c4ccccc42)cc1[Si]31c2ccccc2-c2ccccc21. The van der Waals surface area contributed by atoms with Gasteiger partial charge < -0.3 is 9.64 Å². The molecule has 0 N–H and O–H groups in total. The van der Waals surface area contributed by atoms with Crippen LogP contribution in [-0.4, -0.2) is 8.07 Å². The van der Waals surface area contributed by atoms with Crippen molar-refractivity contribution in [2.75, 3.05) is 4.90 Å². The van der Waals surface area contributed by atoms with E-state index in [4.69, 9.17) is 4.74 Å². The molecule has 2 nitrogen and oxygen atoms in total. The van der Waals surface area contributed by atoms with Gasteiger partial charge in [0.1, 0.15) is 11.5 Å². The van der Waals surface area contributed by atoms with Gasteiger partial charge in [-0.25, -0.2) is 0 Å². The molecule has 61 heavy (non-hydrogen) atoms. The van der Waals surface area contributed by atoms with Crippen LogP contribution in [0.15, 0.2) is 200 Å². The fraction of sp³-hybridized carbons (Fsp3) is 0.0690. The number of rotatable bonds is 1. The van der Waals surface area contributed by atoms with Crippen molar-refractivity contribution in [2.24, 2.45) is 0 Å². The second-order valence-electron chi connectivity index (χ2n) is 17.9. The Hall–Kier alpha value is -7.20. The Labute approximate surface area is 357 Å². The lowest BCUT2D eigenvalue weighted by atomic mass is 9.61. The van der Waals surface area contributed by atoms with Crippen LogP contribution in [0, 0.1) is 0 Å². The van der Waals surface area contributed by atoms with Gasteiger partial charge in [-0.1, -0.05) is 172 Å². The minimum atomic E-state index is -2.82. The first kappa shape index (κ1) is 33.6. The van der Waals surface area contributed by atoms with Gasteiger partial charge in [-0.15, -0.1) is 0 Å². The molecule has 14 rings (SSSR count). The van der Waals surface area contributed by atoms with Crippen LogP contribution in [0.2, 0.25) is 0 Å². The standard InChI is InChI=1S/C58H39NOSi/c1-57(2)43-20-6-3-17-37(43)41-35-56-42(34-48(41)57)40-32-31-36(33-55(40)61(56)53-29-15-4-18-38(53)39-19-5-16-30-54(39)61)59-49-25-11-7-21-44(49)58(45-22-8-12-26-50(45)59)46-23-9-13-27-51(46)60-52-28-14-10-24-47(52)58/h3-35H,1-2H3. The molecular formula is C58H39NOSi. The van der Waals surface area contributed by atoms with Crippen molar-refractivity contribution < 1.29 is 4.74 Å². The molecule has 0 unspecified atom stereocenters. The fourth-order valence-electron chi connectivity index (χ4n) is 12.6. The van der Waals surface area contributed by atoms with Gasteiger partial charge in [0.25, 0.3) is 0 Å². The second-order valence-corrected chi connectivity index (χ2v) is 21.6. The molecule has 286 valence electrons. The first-order valence-electron chi connectivity index (χ1n) is 21.5. The summed E-state index contributed by atoms with van der Waals surface area (Å²) in [6.07, 6.45) is 0. The van der Waals surface area contributed by atoms with E-state index in [1.165, 1.54) is 105 Å². The lowest BCUT2D eigenvalue weighted by molar-refractivity contribution is 0.434. The molecule has 0 bridgehead atoms. The second kappa shape index (κ2) is 11.5. The van der Waals surface area contributed by atoms with Crippen LogP contribution in [0.3, 0.4) is 0 Å². The monoisotopic (exact) mass is 793 g/mol. The number of nitrogens with zero attached hydrogens (tertiary/aromatic N) is 1. The molecule has 0 radical (unpaired) electrons. The third-order valence-electron chi connectivity index (χ3n) is 14.9. The minimum Gasteiger partial charge on any atom is -0.457 e. The highest BCUT2D eigenvalue weighted by molar-refractivity contribution is 7.24. The zero-order chi connectivity index (χ0) is 40.2. The topological polar surface area (TPSA) is 12.5 Å². The normalized spacial score (nSPS) is 16.2. The van der Waals surface area contributed by atoms with Crippen molar-refractivity contribution in [2.45, 2.75) is 24.7 Å². The van der Waals surface area contributed by atoms with Crippen molar-refractivity contribution in [3.05, 3.63) is 234 Å². The molecule has 0 fully saturated rings. The first-order chi connectivity index (χ1) is 30.0. The van der Waals surface area contributed by atoms with E-state index in [2.05, 4.69) is 219 Å². The Kier molecular flexibility index (Phi) is 6.36. The molecule has 9 aromatic rings. The van der Waals surface area contributed by atoms with E-state index >= 15 is 0 Å². The zero-order valence-corrected chi connectivity index (χ0v) is 34.9. The van der Waals surface area contributed by atoms with Gasteiger partial charge in [0, 0.05) is 22.2 Å². The number of para-hydroxylation sites is 4. The number of fused-ring (bicyclic) bond motifs is 21. The molecule has 1 aliphatic carbocycles. The Balaban J connectivity index is 1.07. The minimum absolute atomic E-state index is 0.0948.